The lowest BCUT2D eigenvalue weighted by Crippen LogP contribution is -2.21. The van der Waals surface area contributed by atoms with Crippen LogP contribution in [0.25, 0.3) is 10.8 Å². The fourth-order valence-electron chi connectivity index (χ4n) is 2.58. The van der Waals surface area contributed by atoms with E-state index in [0.29, 0.717) is 6.54 Å². The number of aliphatic hydroxyl groups is 1. The van der Waals surface area contributed by atoms with E-state index in [4.69, 9.17) is 0 Å². The molecule has 0 heterocycles. The van der Waals surface area contributed by atoms with E-state index in [1.54, 1.807) is 0 Å². The normalized spacial score (nSPS) is 12.4. The second-order valence-corrected chi connectivity index (χ2v) is 5.20. The van der Waals surface area contributed by atoms with Gasteiger partial charge in [0.1, 0.15) is 0 Å². The molecule has 0 aliphatic heterocycles. The van der Waals surface area contributed by atoms with E-state index in [2.05, 4.69) is 47.8 Å². The zero-order chi connectivity index (χ0) is 14.5. The Morgan fingerprint density at radius 1 is 0.810 bits per heavy atom. The van der Waals surface area contributed by atoms with E-state index < -0.39 is 6.10 Å². The summed E-state index contributed by atoms with van der Waals surface area (Å²) in [5.41, 5.74) is 2.20. The predicted octanol–water partition coefficient (Wildman–Crippen LogP) is 3.66. The van der Waals surface area contributed by atoms with Gasteiger partial charge in [0.2, 0.25) is 0 Å². The predicted molar refractivity (Wildman–Crippen MR) is 87.1 cm³/mol. The van der Waals surface area contributed by atoms with Crippen molar-refractivity contribution in [3.8, 4) is 0 Å². The quantitative estimate of drug-likeness (QED) is 0.746. The maximum absolute atomic E-state index is 10.1. The Bertz CT molecular complexity index is 704. The molecule has 0 aliphatic rings. The van der Waals surface area contributed by atoms with Crippen LogP contribution < -0.4 is 5.32 Å². The van der Waals surface area contributed by atoms with Gasteiger partial charge in [-0.05, 0) is 21.9 Å². The Balaban J connectivity index is 1.65. The lowest BCUT2D eigenvalue weighted by Gasteiger charge is -2.13. The number of rotatable bonds is 5. The third-order valence-electron chi connectivity index (χ3n) is 3.72. The molecule has 0 fully saturated rings. The third kappa shape index (κ3) is 3.30. The number of nitrogens with one attached hydrogen (secondary N) is 1. The number of aliphatic hydroxyl groups excluding tert-OH is 1. The Morgan fingerprint density at radius 2 is 1.52 bits per heavy atom. The number of fused-ring (bicyclic) bond motifs is 1. The summed E-state index contributed by atoms with van der Waals surface area (Å²) in [6.07, 6.45) is -0.471. The Kier molecular flexibility index (Phi) is 4.29. The summed E-state index contributed by atoms with van der Waals surface area (Å²) in [5, 5.41) is 16.0. The zero-order valence-electron chi connectivity index (χ0n) is 11.9. The average molecular weight is 277 g/mol. The van der Waals surface area contributed by atoms with Crippen molar-refractivity contribution in [3.05, 3.63) is 83.9 Å². The zero-order valence-corrected chi connectivity index (χ0v) is 11.9. The maximum atomic E-state index is 10.1. The SMILES string of the molecule is O[C@@H](CNCc1cccc2ccccc12)c1ccccc1. The molecule has 0 spiro atoms. The maximum Gasteiger partial charge on any atom is 0.0914 e. The highest BCUT2D eigenvalue weighted by atomic mass is 16.3. The highest BCUT2D eigenvalue weighted by Crippen LogP contribution is 2.18. The molecule has 1 atom stereocenters. The van der Waals surface area contributed by atoms with Crippen LogP contribution in [0.4, 0.5) is 0 Å². The fraction of sp³-hybridized carbons (Fsp3) is 0.158. The summed E-state index contributed by atoms with van der Waals surface area (Å²) in [7, 11) is 0. The summed E-state index contributed by atoms with van der Waals surface area (Å²) in [6.45, 7) is 1.30. The molecule has 0 radical (unpaired) electrons. The minimum atomic E-state index is -0.471. The van der Waals surface area contributed by atoms with Crippen molar-refractivity contribution in [3.63, 3.8) is 0 Å². The lowest BCUT2D eigenvalue weighted by molar-refractivity contribution is 0.174. The Morgan fingerprint density at radius 3 is 2.38 bits per heavy atom. The van der Waals surface area contributed by atoms with Gasteiger partial charge >= 0.3 is 0 Å². The molecule has 2 nitrogen and oxygen atoms in total. The summed E-state index contributed by atoms with van der Waals surface area (Å²) in [6, 6.07) is 24.5. The van der Waals surface area contributed by atoms with Gasteiger partial charge in [-0.1, -0.05) is 72.8 Å². The van der Waals surface area contributed by atoms with Gasteiger partial charge < -0.3 is 10.4 Å². The van der Waals surface area contributed by atoms with Gasteiger partial charge in [0.15, 0.2) is 0 Å². The van der Waals surface area contributed by atoms with Gasteiger partial charge in [-0.25, -0.2) is 0 Å². The Labute approximate surface area is 125 Å². The Hall–Kier alpha value is -2.16. The second-order valence-electron chi connectivity index (χ2n) is 5.20. The van der Waals surface area contributed by atoms with Crippen molar-refractivity contribution in [2.24, 2.45) is 0 Å². The second kappa shape index (κ2) is 6.53. The van der Waals surface area contributed by atoms with E-state index in [1.807, 2.05) is 30.3 Å². The van der Waals surface area contributed by atoms with Crippen molar-refractivity contribution >= 4 is 10.8 Å². The summed E-state index contributed by atoms with van der Waals surface area (Å²) >= 11 is 0. The van der Waals surface area contributed by atoms with Crippen LogP contribution in [0.5, 0.6) is 0 Å². The average Bonchev–Trinajstić information content (AvgIpc) is 2.56. The summed E-state index contributed by atoms with van der Waals surface area (Å²) in [5.74, 6) is 0. The molecule has 0 saturated carbocycles. The first-order chi connectivity index (χ1) is 10.3. The van der Waals surface area contributed by atoms with Crippen LogP contribution in [0.1, 0.15) is 17.2 Å². The standard InChI is InChI=1S/C19H19NO/c21-19(16-8-2-1-3-9-16)14-20-13-17-11-6-10-15-7-4-5-12-18(15)17/h1-12,19-21H,13-14H2/t19-/m0/s1. The van der Waals surface area contributed by atoms with Crippen molar-refractivity contribution in [1.82, 2.24) is 5.32 Å². The van der Waals surface area contributed by atoms with Crippen LogP contribution in [0.2, 0.25) is 0 Å². The smallest absolute Gasteiger partial charge is 0.0914 e. The fourth-order valence-corrected chi connectivity index (χ4v) is 2.58. The highest BCUT2D eigenvalue weighted by molar-refractivity contribution is 5.85. The molecular weight excluding hydrogens is 258 g/mol. The van der Waals surface area contributed by atoms with Crippen LogP contribution in [0.3, 0.4) is 0 Å². The molecular formula is C19H19NO. The monoisotopic (exact) mass is 277 g/mol. The first kappa shape index (κ1) is 13.8. The molecule has 3 aromatic carbocycles. The van der Waals surface area contributed by atoms with E-state index in [9.17, 15) is 5.11 Å². The van der Waals surface area contributed by atoms with Crippen LogP contribution in [0, 0.1) is 0 Å². The molecule has 106 valence electrons. The van der Waals surface area contributed by atoms with E-state index in [1.165, 1.54) is 16.3 Å². The van der Waals surface area contributed by atoms with Gasteiger partial charge in [0.25, 0.3) is 0 Å². The first-order valence-corrected chi connectivity index (χ1v) is 7.25. The molecule has 0 unspecified atom stereocenters. The van der Waals surface area contributed by atoms with E-state index in [-0.39, 0.29) is 0 Å². The number of hydrogen-bond donors (Lipinski definition) is 2. The topological polar surface area (TPSA) is 32.3 Å². The van der Waals surface area contributed by atoms with Gasteiger partial charge in [-0.15, -0.1) is 0 Å². The van der Waals surface area contributed by atoms with Crippen LogP contribution in [-0.2, 0) is 6.54 Å². The van der Waals surface area contributed by atoms with E-state index >= 15 is 0 Å². The van der Waals surface area contributed by atoms with Crippen molar-refractivity contribution in [2.75, 3.05) is 6.54 Å². The molecule has 0 amide bonds. The molecule has 0 saturated heterocycles. The lowest BCUT2D eigenvalue weighted by atomic mass is 10.0. The van der Waals surface area contributed by atoms with E-state index in [0.717, 1.165) is 12.1 Å². The number of hydrogen-bond acceptors (Lipinski definition) is 2. The minimum absolute atomic E-state index is 0.471. The van der Waals surface area contributed by atoms with Gasteiger partial charge in [-0.2, -0.15) is 0 Å². The molecule has 2 N–H and O–H groups in total. The largest absolute Gasteiger partial charge is 0.387 e. The van der Waals surface area contributed by atoms with Gasteiger partial charge in [0.05, 0.1) is 6.10 Å². The molecule has 0 bridgehead atoms. The van der Waals surface area contributed by atoms with Gasteiger partial charge in [0, 0.05) is 13.1 Å². The van der Waals surface area contributed by atoms with Crippen LogP contribution in [0.15, 0.2) is 72.8 Å². The highest BCUT2D eigenvalue weighted by Gasteiger charge is 2.06. The third-order valence-corrected chi connectivity index (χ3v) is 3.72. The van der Waals surface area contributed by atoms with Gasteiger partial charge in [-0.3, -0.25) is 0 Å². The van der Waals surface area contributed by atoms with Crippen LogP contribution >= 0.6 is 0 Å². The van der Waals surface area contributed by atoms with Crippen molar-refractivity contribution in [1.29, 1.82) is 0 Å². The van der Waals surface area contributed by atoms with Crippen molar-refractivity contribution in [2.45, 2.75) is 12.6 Å². The number of benzene rings is 3. The molecule has 3 aromatic rings. The molecule has 0 aromatic heterocycles. The first-order valence-electron chi connectivity index (χ1n) is 7.25. The molecule has 2 heteroatoms. The van der Waals surface area contributed by atoms with Crippen molar-refractivity contribution < 1.29 is 5.11 Å². The minimum Gasteiger partial charge on any atom is -0.387 e. The summed E-state index contributed by atoms with van der Waals surface area (Å²) < 4.78 is 0. The molecule has 3 rings (SSSR count). The summed E-state index contributed by atoms with van der Waals surface area (Å²) in [4.78, 5) is 0. The molecule has 0 aliphatic carbocycles. The molecule has 21 heavy (non-hydrogen) atoms. The van der Waals surface area contributed by atoms with Crippen LogP contribution in [-0.4, -0.2) is 11.7 Å².